The van der Waals surface area contributed by atoms with Crippen molar-refractivity contribution < 1.29 is 9.53 Å². The number of pyridine rings is 1. The van der Waals surface area contributed by atoms with E-state index in [9.17, 15) is 4.79 Å². The number of halogens is 2. The molecular formula is C10H16Cl2N2O2. The normalized spacial score (nSPS) is 10.6. The standard InChI is InChI=1S/C10H14N2O2.2ClH/c1-2-14-10(13)9(6-11)8-4-3-5-12-7-8;;/h3-5,7,9H,2,6,11H2,1H3;2*1H/t9-;;/m0../s1. The van der Waals surface area contributed by atoms with Crippen LogP contribution in [0.4, 0.5) is 0 Å². The van der Waals surface area contributed by atoms with Crippen LogP contribution in [0.5, 0.6) is 0 Å². The van der Waals surface area contributed by atoms with Crippen LogP contribution in [0.3, 0.4) is 0 Å². The maximum Gasteiger partial charge on any atom is 0.314 e. The van der Waals surface area contributed by atoms with Crippen molar-refractivity contribution in [3.8, 4) is 0 Å². The number of aromatic nitrogens is 1. The van der Waals surface area contributed by atoms with E-state index in [2.05, 4.69) is 4.98 Å². The molecule has 1 heterocycles. The van der Waals surface area contributed by atoms with E-state index in [1.54, 1.807) is 25.4 Å². The minimum absolute atomic E-state index is 0. The fourth-order valence-corrected chi connectivity index (χ4v) is 1.19. The largest absolute Gasteiger partial charge is 0.465 e. The SMILES string of the molecule is CCOC(=O)[C@@H](CN)c1cccnc1.Cl.Cl. The van der Waals surface area contributed by atoms with Crippen molar-refractivity contribution in [2.24, 2.45) is 5.73 Å². The van der Waals surface area contributed by atoms with E-state index in [4.69, 9.17) is 10.5 Å². The van der Waals surface area contributed by atoms with Gasteiger partial charge >= 0.3 is 5.97 Å². The minimum Gasteiger partial charge on any atom is -0.465 e. The quantitative estimate of drug-likeness (QED) is 0.840. The van der Waals surface area contributed by atoms with Gasteiger partial charge in [0, 0.05) is 18.9 Å². The summed E-state index contributed by atoms with van der Waals surface area (Å²) in [5.41, 5.74) is 6.31. The highest BCUT2D eigenvalue weighted by Gasteiger charge is 2.19. The van der Waals surface area contributed by atoms with Crippen molar-refractivity contribution in [2.45, 2.75) is 12.8 Å². The van der Waals surface area contributed by atoms with Crippen molar-refractivity contribution in [1.82, 2.24) is 4.98 Å². The number of esters is 1. The van der Waals surface area contributed by atoms with Crippen LogP contribution in [-0.2, 0) is 9.53 Å². The molecule has 1 aromatic heterocycles. The molecule has 0 aliphatic carbocycles. The summed E-state index contributed by atoms with van der Waals surface area (Å²) in [5, 5.41) is 0. The van der Waals surface area contributed by atoms with E-state index in [0.29, 0.717) is 6.61 Å². The van der Waals surface area contributed by atoms with E-state index in [1.165, 1.54) is 0 Å². The molecule has 1 aromatic rings. The number of hydrogen-bond donors (Lipinski definition) is 1. The molecule has 0 radical (unpaired) electrons. The second-order valence-corrected chi connectivity index (χ2v) is 2.83. The first-order valence-corrected chi connectivity index (χ1v) is 4.56. The van der Waals surface area contributed by atoms with Crippen LogP contribution in [0.15, 0.2) is 24.5 Å². The zero-order chi connectivity index (χ0) is 10.4. The molecule has 16 heavy (non-hydrogen) atoms. The number of carbonyl (C=O) groups excluding carboxylic acids is 1. The molecule has 0 aromatic carbocycles. The Balaban J connectivity index is 0. The van der Waals surface area contributed by atoms with Gasteiger partial charge in [-0.05, 0) is 18.6 Å². The van der Waals surface area contributed by atoms with Gasteiger partial charge in [-0.1, -0.05) is 6.07 Å². The second kappa shape index (κ2) is 9.39. The molecule has 1 rings (SSSR count). The number of ether oxygens (including phenoxy) is 1. The Bertz CT molecular complexity index is 296. The Kier molecular flexibility index (Phi) is 10.3. The Labute approximate surface area is 107 Å². The molecule has 4 nitrogen and oxygen atoms in total. The smallest absolute Gasteiger partial charge is 0.314 e. The summed E-state index contributed by atoms with van der Waals surface area (Å²) in [4.78, 5) is 15.4. The Morgan fingerprint density at radius 2 is 2.25 bits per heavy atom. The van der Waals surface area contributed by atoms with E-state index in [0.717, 1.165) is 5.56 Å². The molecule has 0 amide bonds. The third-order valence-electron chi connectivity index (χ3n) is 1.89. The third-order valence-corrected chi connectivity index (χ3v) is 1.89. The fraction of sp³-hybridized carbons (Fsp3) is 0.400. The number of nitrogens with zero attached hydrogens (tertiary/aromatic N) is 1. The highest BCUT2D eigenvalue weighted by molar-refractivity contribution is 5.85. The summed E-state index contributed by atoms with van der Waals surface area (Å²) in [7, 11) is 0. The molecule has 0 spiro atoms. The molecule has 0 unspecified atom stereocenters. The monoisotopic (exact) mass is 266 g/mol. The highest BCUT2D eigenvalue weighted by Crippen LogP contribution is 2.14. The lowest BCUT2D eigenvalue weighted by molar-refractivity contribution is -0.144. The molecule has 1 atom stereocenters. The number of hydrogen-bond acceptors (Lipinski definition) is 4. The van der Waals surface area contributed by atoms with Gasteiger partial charge < -0.3 is 10.5 Å². The van der Waals surface area contributed by atoms with Crippen LogP contribution in [0.1, 0.15) is 18.4 Å². The van der Waals surface area contributed by atoms with Crippen molar-refractivity contribution in [3.05, 3.63) is 30.1 Å². The van der Waals surface area contributed by atoms with Crippen LogP contribution in [0.25, 0.3) is 0 Å². The van der Waals surface area contributed by atoms with E-state index < -0.39 is 5.92 Å². The van der Waals surface area contributed by atoms with Gasteiger partial charge in [0.15, 0.2) is 0 Å². The van der Waals surface area contributed by atoms with Crippen LogP contribution in [-0.4, -0.2) is 24.1 Å². The first kappa shape index (κ1) is 17.6. The van der Waals surface area contributed by atoms with E-state index >= 15 is 0 Å². The topological polar surface area (TPSA) is 65.2 Å². The summed E-state index contributed by atoms with van der Waals surface area (Å²) in [5.74, 6) is -0.688. The van der Waals surface area contributed by atoms with Gasteiger partial charge in [-0.3, -0.25) is 9.78 Å². The lowest BCUT2D eigenvalue weighted by atomic mass is 10.0. The van der Waals surface area contributed by atoms with Crippen molar-refractivity contribution in [1.29, 1.82) is 0 Å². The van der Waals surface area contributed by atoms with Gasteiger partial charge in [0.25, 0.3) is 0 Å². The molecule has 2 N–H and O–H groups in total. The molecule has 0 saturated heterocycles. The van der Waals surface area contributed by atoms with Gasteiger partial charge in [0.05, 0.1) is 12.5 Å². The molecule has 92 valence electrons. The molecule has 0 aliphatic heterocycles. The zero-order valence-electron chi connectivity index (χ0n) is 8.96. The maximum absolute atomic E-state index is 11.4. The van der Waals surface area contributed by atoms with Crippen LogP contribution >= 0.6 is 24.8 Å². The van der Waals surface area contributed by atoms with Crippen molar-refractivity contribution in [2.75, 3.05) is 13.2 Å². The summed E-state index contributed by atoms with van der Waals surface area (Å²) < 4.78 is 4.90. The van der Waals surface area contributed by atoms with E-state index in [-0.39, 0.29) is 37.3 Å². The average Bonchev–Trinajstić information content (AvgIpc) is 2.21. The lowest BCUT2D eigenvalue weighted by Gasteiger charge is -2.12. The van der Waals surface area contributed by atoms with Gasteiger partial charge in [0.2, 0.25) is 0 Å². The van der Waals surface area contributed by atoms with Gasteiger partial charge in [-0.15, -0.1) is 24.8 Å². The number of rotatable bonds is 4. The molecule has 0 saturated carbocycles. The van der Waals surface area contributed by atoms with Crippen LogP contribution in [0.2, 0.25) is 0 Å². The summed E-state index contributed by atoms with van der Waals surface area (Å²) in [6.07, 6.45) is 3.29. The molecular weight excluding hydrogens is 251 g/mol. The van der Waals surface area contributed by atoms with Gasteiger partial charge in [-0.2, -0.15) is 0 Å². The second-order valence-electron chi connectivity index (χ2n) is 2.83. The van der Waals surface area contributed by atoms with Gasteiger partial charge in [-0.25, -0.2) is 0 Å². The van der Waals surface area contributed by atoms with Crippen molar-refractivity contribution in [3.63, 3.8) is 0 Å². The minimum atomic E-state index is -0.399. The summed E-state index contributed by atoms with van der Waals surface area (Å²) in [6, 6.07) is 3.60. The van der Waals surface area contributed by atoms with Crippen LogP contribution < -0.4 is 5.73 Å². The predicted molar refractivity (Wildman–Crippen MR) is 67.2 cm³/mol. The Morgan fingerprint density at radius 1 is 1.56 bits per heavy atom. The Morgan fingerprint density at radius 3 is 2.69 bits per heavy atom. The van der Waals surface area contributed by atoms with Gasteiger partial charge in [0.1, 0.15) is 0 Å². The summed E-state index contributed by atoms with van der Waals surface area (Å²) >= 11 is 0. The van der Waals surface area contributed by atoms with Crippen molar-refractivity contribution >= 4 is 30.8 Å². The lowest BCUT2D eigenvalue weighted by Crippen LogP contribution is -2.23. The predicted octanol–water partition coefficient (Wildman–Crippen LogP) is 1.53. The fourth-order valence-electron chi connectivity index (χ4n) is 1.19. The zero-order valence-corrected chi connectivity index (χ0v) is 10.6. The number of nitrogens with two attached hydrogens (primary N) is 1. The maximum atomic E-state index is 11.4. The molecule has 0 bridgehead atoms. The first-order chi connectivity index (χ1) is 6.79. The molecule has 0 aliphatic rings. The Hall–Kier alpha value is -0.840. The molecule has 6 heteroatoms. The third kappa shape index (κ3) is 4.79. The highest BCUT2D eigenvalue weighted by atomic mass is 35.5. The first-order valence-electron chi connectivity index (χ1n) is 4.56. The van der Waals surface area contributed by atoms with Crippen LogP contribution in [0, 0.1) is 0 Å². The average molecular weight is 267 g/mol. The summed E-state index contributed by atoms with van der Waals surface area (Å²) in [6.45, 7) is 2.38. The molecule has 0 fully saturated rings. The van der Waals surface area contributed by atoms with E-state index in [1.807, 2.05) is 6.07 Å². The number of carbonyl (C=O) groups is 1.